The van der Waals surface area contributed by atoms with Crippen LogP contribution in [0.5, 0.6) is 5.75 Å². The van der Waals surface area contributed by atoms with Crippen molar-refractivity contribution in [2.24, 2.45) is 0 Å². The van der Waals surface area contributed by atoms with Crippen molar-refractivity contribution in [3.63, 3.8) is 0 Å². The van der Waals surface area contributed by atoms with E-state index >= 15 is 0 Å². The first kappa shape index (κ1) is 11.0. The number of benzene rings is 1. The molecule has 1 aromatic heterocycles. The summed E-state index contributed by atoms with van der Waals surface area (Å²) in [6.45, 7) is 0. The van der Waals surface area contributed by atoms with Crippen LogP contribution in [0.1, 0.15) is 24.3 Å². The molecule has 2 aromatic rings. The van der Waals surface area contributed by atoms with Crippen LogP contribution in [-0.4, -0.2) is 6.10 Å². The van der Waals surface area contributed by atoms with Gasteiger partial charge in [0.25, 0.3) is 0 Å². The van der Waals surface area contributed by atoms with Gasteiger partial charge in [-0.2, -0.15) is 0 Å². The molecular formula is C14H11HgO3. The summed E-state index contributed by atoms with van der Waals surface area (Å²) in [4.78, 5) is 12.0. The van der Waals surface area contributed by atoms with Gasteiger partial charge in [0.05, 0.1) is 0 Å². The van der Waals surface area contributed by atoms with Crippen molar-refractivity contribution < 1.29 is 35.3 Å². The predicted octanol–water partition coefficient (Wildman–Crippen LogP) is 2.77. The summed E-state index contributed by atoms with van der Waals surface area (Å²) in [5, 5.41) is 1.06. The summed E-state index contributed by atoms with van der Waals surface area (Å²) in [6.07, 6.45) is 2.66. The van der Waals surface area contributed by atoms with E-state index in [1.165, 1.54) is 6.42 Å². The van der Waals surface area contributed by atoms with Gasteiger partial charge in [-0.1, -0.05) is 0 Å². The van der Waals surface area contributed by atoms with Gasteiger partial charge >= 0.3 is 121 Å². The van der Waals surface area contributed by atoms with E-state index in [2.05, 4.69) is 0 Å². The number of rotatable bonds is 0. The SMILES string of the molecule is O=c1oc2ccccc2c2c1O[C@@H]1[CH]([Hg])CC[C@H]21. The molecule has 3 atom stereocenters. The second kappa shape index (κ2) is 3.83. The molecule has 0 radical (unpaired) electrons. The summed E-state index contributed by atoms with van der Waals surface area (Å²) in [6, 6.07) is 7.79. The van der Waals surface area contributed by atoms with E-state index in [-0.39, 0.29) is 11.7 Å². The minimum atomic E-state index is -0.307. The molecule has 0 saturated heterocycles. The van der Waals surface area contributed by atoms with Crippen LogP contribution in [0.25, 0.3) is 11.0 Å². The van der Waals surface area contributed by atoms with E-state index in [0.29, 0.717) is 46.8 Å². The van der Waals surface area contributed by atoms with E-state index in [1.807, 2.05) is 24.3 Å². The third-order valence-electron chi connectivity index (χ3n) is 4.14. The van der Waals surface area contributed by atoms with Crippen molar-refractivity contribution >= 4 is 11.0 Å². The molecule has 87 valence electrons. The van der Waals surface area contributed by atoms with Crippen molar-refractivity contribution in [3.8, 4) is 5.75 Å². The van der Waals surface area contributed by atoms with Crippen LogP contribution in [0, 0.1) is 0 Å². The zero-order chi connectivity index (χ0) is 12.3. The van der Waals surface area contributed by atoms with E-state index in [9.17, 15) is 4.79 Å². The first-order valence-corrected chi connectivity index (χ1v) is 9.48. The van der Waals surface area contributed by atoms with Gasteiger partial charge in [-0.3, -0.25) is 0 Å². The third kappa shape index (κ3) is 1.37. The summed E-state index contributed by atoms with van der Waals surface area (Å²) >= 11 is 0.701. The predicted molar refractivity (Wildman–Crippen MR) is 62.6 cm³/mol. The zero-order valence-electron chi connectivity index (χ0n) is 9.89. The molecule has 3 nitrogen and oxygen atoms in total. The van der Waals surface area contributed by atoms with Crippen molar-refractivity contribution in [1.29, 1.82) is 0 Å². The molecule has 0 bridgehead atoms. The third-order valence-corrected chi connectivity index (χ3v) is 7.54. The first-order valence-electron chi connectivity index (χ1n) is 6.31. The van der Waals surface area contributed by atoms with Gasteiger partial charge in [-0.15, -0.1) is 0 Å². The number of hydrogen-bond acceptors (Lipinski definition) is 3. The standard InChI is InChI=1S/C14H11O3.Hg/c15-14-13-12(9-5-3-7-10(9)16-13)8-4-1-2-6-11(8)17-14;/h1-2,4,6-7,9-10H,3,5H2;/t9-,10+;/m0./s1. The van der Waals surface area contributed by atoms with Crippen LogP contribution in [0.15, 0.2) is 33.5 Å². The van der Waals surface area contributed by atoms with Gasteiger partial charge in [-0.25, -0.2) is 0 Å². The number of ether oxygens (including phenoxy) is 1. The summed E-state index contributed by atoms with van der Waals surface area (Å²) in [5.74, 6) is 0.898. The molecule has 1 fully saturated rings. The molecule has 18 heavy (non-hydrogen) atoms. The molecule has 1 saturated carbocycles. The van der Waals surface area contributed by atoms with Gasteiger partial charge in [0.2, 0.25) is 0 Å². The second-order valence-corrected chi connectivity index (χ2v) is 9.23. The Morgan fingerprint density at radius 2 is 2.06 bits per heavy atom. The molecular weight excluding hydrogens is 417 g/mol. The fourth-order valence-corrected chi connectivity index (χ4v) is 5.88. The Morgan fingerprint density at radius 1 is 1.22 bits per heavy atom. The molecule has 1 unspecified atom stereocenters. The quantitative estimate of drug-likeness (QED) is 0.479. The molecule has 0 amide bonds. The summed E-state index contributed by atoms with van der Waals surface area (Å²) in [5.41, 5.74) is 1.49. The minimum absolute atomic E-state index is 0.247. The Morgan fingerprint density at radius 3 is 2.94 bits per heavy atom. The van der Waals surface area contributed by atoms with E-state index < -0.39 is 0 Å². The van der Waals surface area contributed by atoms with Crippen LogP contribution in [0.2, 0.25) is 3.43 Å². The number of hydrogen-bond donors (Lipinski definition) is 0. The van der Waals surface area contributed by atoms with Gasteiger partial charge in [-0.05, 0) is 0 Å². The maximum absolute atomic E-state index is 12.0. The summed E-state index contributed by atoms with van der Waals surface area (Å²) in [7, 11) is 0. The van der Waals surface area contributed by atoms with E-state index in [4.69, 9.17) is 9.15 Å². The Hall–Kier alpha value is -0.835. The van der Waals surface area contributed by atoms with E-state index in [1.54, 1.807) is 0 Å². The Balaban J connectivity index is 2.05. The molecule has 4 rings (SSSR count). The van der Waals surface area contributed by atoms with Gasteiger partial charge in [0.1, 0.15) is 0 Å². The Labute approximate surface area is 120 Å². The zero-order valence-corrected chi connectivity index (χ0v) is 15.4. The van der Waals surface area contributed by atoms with Crippen LogP contribution in [0.3, 0.4) is 0 Å². The fourth-order valence-electron chi connectivity index (χ4n) is 3.31. The second-order valence-electron chi connectivity index (χ2n) is 5.15. The van der Waals surface area contributed by atoms with Crippen LogP contribution in [-0.2, 0) is 26.1 Å². The van der Waals surface area contributed by atoms with Crippen LogP contribution < -0.4 is 10.4 Å². The number of para-hydroxylation sites is 1. The van der Waals surface area contributed by atoms with Gasteiger partial charge in [0, 0.05) is 0 Å². The maximum atomic E-state index is 12.0. The Bertz CT molecular complexity index is 691. The number of fused-ring (bicyclic) bond motifs is 5. The molecule has 0 N–H and O–H groups in total. The van der Waals surface area contributed by atoms with Crippen molar-refractivity contribution in [2.75, 3.05) is 0 Å². The van der Waals surface area contributed by atoms with Crippen LogP contribution >= 0.6 is 0 Å². The van der Waals surface area contributed by atoms with Crippen molar-refractivity contribution in [1.82, 2.24) is 0 Å². The average Bonchev–Trinajstić information content (AvgIpc) is 2.91. The molecule has 2 aliphatic rings. The van der Waals surface area contributed by atoms with Crippen molar-refractivity contribution in [3.05, 3.63) is 40.2 Å². The van der Waals surface area contributed by atoms with Crippen molar-refractivity contribution in [2.45, 2.75) is 28.3 Å². The molecule has 4 heteroatoms. The van der Waals surface area contributed by atoms with E-state index in [0.717, 1.165) is 17.4 Å². The Kier molecular flexibility index (Phi) is 2.35. The average molecular weight is 428 g/mol. The molecule has 2 heterocycles. The van der Waals surface area contributed by atoms with Gasteiger partial charge < -0.3 is 0 Å². The monoisotopic (exact) mass is 429 g/mol. The normalized spacial score (nSPS) is 29.1. The van der Waals surface area contributed by atoms with Gasteiger partial charge in [0.15, 0.2) is 0 Å². The molecule has 0 spiro atoms. The molecule has 1 aliphatic heterocycles. The summed E-state index contributed by atoms with van der Waals surface area (Å²) < 4.78 is 12.0. The topological polar surface area (TPSA) is 39.4 Å². The van der Waals surface area contributed by atoms with Crippen LogP contribution in [0.4, 0.5) is 0 Å². The molecule has 1 aromatic carbocycles. The first-order chi connectivity index (χ1) is 8.75. The fraction of sp³-hybridized carbons (Fsp3) is 0.357. The molecule has 1 aliphatic carbocycles.